The van der Waals surface area contributed by atoms with E-state index in [0.717, 1.165) is 0 Å². The summed E-state index contributed by atoms with van der Waals surface area (Å²) in [5.74, 6) is -1.92. The summed E-state index contributed by atoms with van der Waals surface area (Å²) in [7, 11) is 1.55. The van der Waals surface area contributed by atoms with Crippen molar-refractivity contribution in [2.24, 2.45) is 5.92 Å². The summed E-state index contributed by atoms with van der Waals surface area (Å²) in [5, 5.41) is 9.60. The van der Waals surface area contributed by atoms with Crippen LogP contribution in [0.25, 0.3) is 0 Å². The Kier molecular flexibility index (Phi) is 5.60. The monoisotopic (exact) mass is 338 g/mol. The zero-order chi connectivity index (χ0) is 17.0. The molecule has 1 aromatic rings. The lowest BCUT2D eigenvalue weighted by molar-refractivity contribution is -0.145. The summed E-state index contributed by atoms with van der Waals surface area (Å²) >= 11 is 5.79. The van der Waals surface area contributed by atoms with Crippen LogP contribution in [0.2, 0.25) is 5.02 Å². The lowest BCUT2D eigenvalue weighted by atomic mass is 9.98. The van der Waals surface area contributed by atoms with E-state index >= 15 is 0 Å². The molecular formula is C16H19ClN2O4. The molecule has 0 aromatic heterocycles. The first-order valence-corrected chi connectivity index (χ1v) is 7.78. The minimum absolute atomic E-state index is 0.0756. The van der Waals surface area contributed by atoms with E-state index in [2.05, 4.69) is 0 Å². The van der Waals surface area contributed by atoms with Crippen molar-refractivity contribution < 1.29 is 19.5 Å². The van der Waals surface area contributed by atoms with E-state index in [9.17, 15) is 14.4 Å². The molecule has 1 aromatic carbocycles. The van der Waals surface area contributed by atoms with Crippen LogP contribution in [0.5, 0.6) is 0 Å². The Hall–Kier alpha value is -2.08. The molecule has 1 fully saturated rings. The topological polar surface area (TPSA) is 77.9 Å². The molecule has 124 valence electrons. The van der Waals surface area contributed by atoms with Crippen molar-refractivity contribution in [2.45, 2.75) is 12.8 Å². The average molecular weight is 339 g/mol. The highest BCUT2D eigenvalue weighted by Crippen LogP contribution is 2.17. The number of likely N-dealkylation sites (tertiary alicyclic amines) is 1. The van der Waals surface area contributed by atoms with Gasteiger partial charge in [0.05, 0.1) is 12.5 Å². The van der Waals surface area contributed by atoms with Crippen LogP contribution < -0.4 is 0 Å². The van der Waals surface area contributed by atoms with E-state index in [4.69, 9.17) is 16.7 Å². The molecule has 1 aliphatic heterocycles. The van der Waals surface area contributed by atoms with Crippen LogP contribution in [0.1, 0.15) is 23.2 Å². The van der Waals surface area contributed by atoms with Crippen LogP contribution in [0, 0.1) is 5.92 Å². The molecule has 2 rings (SSSR count). The highest BCUT2D eigenvalue weighted by Gasteiger charge is 2.29. The third kappa shape index (κ3) is 4.45. The number of likely N-dealkylation sites (N-methyl/N-ethyl adjacent to an activating group) is 1. The van der Waals surface area contributed by atoms with Gasteiger partial charge in [0.25, 0.3) is 5.91 Å². The van der Waals surface area contributed by atoms with E-state index in [-0.39, 0.29) is 24.9 Å². The largest absolute Gasteiger partial charge is 0.481 e. The predicted molar refractivity (Wildman–Crippen MR) is 85.4 cm³/mol. The molecule has 6 nitrogen and oxygen atoms in total. The molecule has 1 saturated heterocycles. The lowest BCUT2D eigenvalue weighted by Crippen LogP contribution is -2.46. The number of amides is 2. The van der Waals surface area contributed by atoms with Gasteiger partial charge in [-0.15, -0.1) is 0 Å². The second-order valence-electron chi connectivity index (χ2n) is 5.69. The van der Waals surface area contributed by atoms with Crippen molar-refractivity contribution in [3.8, 4) is 0 Å². The van der Waals surface area contributed by atoms with E-state index in [1.165, 1.54) is 9.80 Å². The predicted octanol–water partition coefficient (Wildman–Crippen LogP) is 1.74. The van der Waals surface area contributed by atoms with Crippen LogP contribution in [-0.4, -0.2) is 59.4 Å². The summed E-state index contributed by atoms with van der Waals surface area (Å²) in [6, 6.07) is 6.44. The Labute approximate surface area is 139 Å². The third-order valence-electron chi connectivity index (χ3n) is 3.93. The number of hydrogen-bond acceptors (Lipinski definition) is 3. The molecule has 7 heteroatoms. The molecule has 23 heavy (non-hydrogen) atoms. The van der Waals surface area contributed by atoms with E-state index in [1.807, 2.05) is 0 Å². The average Bonchev–Trinajstić information content (AvgIpc) is 2.54. The maximum atomic E-state index is 12.3. The first kappa shape index (κ1) is 17.3. The van der Waals surface area contributed by atoms with E-state index in [0.29, 0.717) is 30.0 Å². The van der Waals surface area contributed by atoms with Gasteiger partial charge in [0.1, 0.15) is 0 Å². The molecule has 0 spiro atoms. The number of halogens is 1. The number of carbonyl (C=O) groups is 3. The van der Waals surface area contributed by atoms with Gasteiger partial charge in [0.15, 0.2) is 0 Å². The molecule has 0 saturated carbocycles. The SMILES string of the molecule is CN(CC(=O)N1CCCC(C(=O)O)C1)C(=O)c1ccc(Cl)cc1. The van der Waals surface area contributed by atoms with E-state index in [1.54, 1.807) is 31.3 Å². The minimum Gasteiger partial charge on any atom is -0.481 e. The van der Waals surface area contributed by atoms with Crippen LogP contribution in [0.15, 0.2) is 24.3 Å². The molecule has 1 aliphatic rings. The maximum absolute atomic E-state index is 12.3. The summed E-state index contributed by atoms with van der Waals surface area (Å²) < 4.78 is 0. The second kappa shape index (κ2) is 7.46. The summed E-state index contributed by atoms with van der Waals surface area (Å²) in [6.45, 7) is 0.663. The molecule has 2 amide bonds. The molecule has 1 unspecified atom stereocenters. The number of carboxylic acid groups (broad SMARTS) is 1. The zero-order valence-corrected chi connectivity index (χ0v) is 13.6. The van der Waals surface area contributed by atoms with Crippen LogP contribution in [-0.2, 0) is 9.59 Å². The normalized spacial score (nSPS) is 17.7. The van der Waals surface area contributed by atoms with Crippen molar-refractivity contribution in [3.63, 3.8) is 0 Å². The number of carboxylic acids is 1. The van der Waals surface area contributed by atoms with Gasteiger partial charge in [-0.3, -0.25) is 14.4 Å². The summed E-state index contributed by atoms with van der Waals surface area (Å²) in [6.07, 6.45) is 1.25. The van der Waals surface area contributed by atoms with Crippen molar-refractivity contribution in [3.05, 3.63) is 34.9 Å². The van der Waals surface area contributed by atoms with Crippen molar-refractivity contribution >= 4 is 29.4 Å². The molecule has 0 aliphatic carbocycles. The molecule has 0 bridgehead atoms. The highest BCUT2D eigenvalue weighted by atomic mass is 35.5. The van der Waals surface area contributed by atoms with Gasteiger partial charge in [-0.2, -0.15) is 0 Å². The van der Waals surface area contributed by atoms with Gasteiger partial charge in [0.2, 0.25) is 5.91 Å². The third-order valence-corrected chi connectivity index (χ3v) is 4.19. The number of hydrogen-bond donors (Lipinski definition) is 1. The van der Waals surface area contributed by atoms with Gasteiger partial charge >= 0.3 is 5.97 Å². The smallest absolute Gasteiger partial charge is 0.308 e. The van der Waals surface area contributed by atoms with Crippen LogP contribution in [0.3, 0.4) is 0 Å². The first-order valence-electron chi connectivity index (χ1n) is 7.40. The number of rotatable bonds is 4. The number of benzene rings is 1. The Morgan fingerprint density at radius 2 is 1.96 bits per heavy atom. The van der Waals surface area contributed by atoms with Gasteiger partial charge in [-0.25, -0.2) is 0 Å². The molecule has 1 atom stereocenters. The first-order chi connectivity index (χ1) is 10.9. The lowest BCUT2D eigenvalue weighted by Gasteiger charge is -2.32. The Morgan fingerprint density at radius 3 is 2.57 bits per heavy atom. The minimum atomic E-state index is -0.881. The number of piperidine rings is 1. The molecular weight excluding hydrogens is 320 g/mol. The van der Waals surface area contributed by atoms with Gasteiger partial charge in [0, 0.05) is 30.7 Å². The van der Waals surface area contributed by atoms with Crippen molar-refractivity contribution in [2.75, 3.05) is 26.7 Å². The number of nitrogens with zero attached hydrogens (tertiary/aromatic N) is 2. The Bertz CT molecular complexity index is 603. The maximum Gasteiger partial charge on any atom is 0.308 e. The molecule has 0 radical (unpaired) electrons. The summed E-state index contributed by atoms with van der Waals surface area (Å²) in [5.41, 5.74) is 0.451. The fraction of sp³-hybridized carbons (Fsp3) is 0.438. The van der Waals surface area contributed by atoms with Gasteiger partial charge in [-0.05, 0) is 37.1 Å². The van der Waals surface area contributed by atoms with Crippen molar-refractivity contribution in [1.82, 2.24) is 9.80 Å². The van der Waals surface area contributed by atoms with E-state index < -0.39 is 11.9 Å². The highest BCUT2D eigenvalue weighted by molar-refractivity contribution is 6.30. The standard InChI is InChI=1S/C16H19ClN2O4/c1-18(15(21)11-4-6-13(17)7-5-11)10-14(20)19-8-2-3-12(9-19)16(22)23/h4-7,12H,2-3,8-10H2,1H3,(H,22,23). The zero-order valence-electron chi connectivity index (χ0n) is 12.9. The Morgan fingerprint density at radius 1 is 1.30 bits per heavy atom. The molecule has 1 N–H and O–H groups in total. The van der Waals surface area contributed by atoms with Crippen LogP contribution >= 0.6 is 11.6 Å². The fourth-order valence-corrected chi connectivity index (χ4v) is 2.72. The van der Waals surface area contributed by atoms with Crippen LogP contribution in [0.4, 0.5) is 0 Å². The van der Waals surface area contributed by atoms with Gasteiger partial charge < -0.3 is 14.9 Å². The Balaban J connectivity index is 1.95. The van der Waals surface area contributed by atoms with Crippen molar-refractivity contribution in [1.29, 1.82) is 0 Å². The van der Waals surface area contributed by atoms with Gasteiger partial charge in [-0.1, -0.05) is 11.6 Å². The number of carbonyl (C=O) groups excluding carboxylic acids is 2. The quantitative estimate of drug-likeness (QED) is 0.907. The number of aliphatic carboxylic acids is 1. The second-order valence-corrected chi connectivity index (χ2v) is 6.12. The fourth-order valence-electron chi connectivity index (χ4n) is 2.59. The summed E-state index contributed by atoms with van der Waals surface area (Å²) in [4.78, 5) is 38.5. The molecule has 1 heterocycles.